The summed E-state index contributed by atoms with van der Waals surface area (Å²) in [5.41, 5.74) is 3.18. The minimum absolute atomic E-state index is 0.170. The number of aryl methyl sites for hydroxylation is 1. The molecule has 1 N–H and O–H groups in total. The highest BCUT2D eigenvalue weighted by Crippen LogP contribution is 2.33. The SMILES string of the molecule is Cc1ccc(C(=O)Nc2c3c(nn2C(C)(C)C)CS(=O)C3)cc1. The molecule has 0 aliphatic carbocycles. The van der Waals surface area contributed by atoms with E-state index in [4.69, 9.17) is 0 Å². The van der Waals surface area contributed by atoms with Gasteiger partial charge in [0, 0.05) is 21.9 Å². The van der Waals surface area contributed by atoms with E-state index in [1.54, 1.807) is 12.1 Å². The van der Waals surface area contributed by atoms with E-state index in [2.05, 4.69) is 10.4 Å². The van der Waals surface area contributed by atoms with Gasteiger partial charge in [0.2, 0.25) is 0 Å². The van der Waals surface area contributed by atoms with Crippen LogP contribution in [0.15, 0.2) is 24.3 Å². The quantitative estimate of drug-likeness (QED) is 0.920. The number of carbonyl (C=O) groups is 1. The summed E-state index contributed by atoms with van der Waals surface area (Å²) in [5, 5.41) is 7.56. The summed E-state index contributed by atoms with van der Waals surface area (Å²) in [6.45, 7) is 8.09. The van der Waals surface area contributed by atoms with Crippen LogP contribution in [0.5, 0.6) is 0 Å². The molecule has 122 valence electrons. The third kappa shape index (κ3) is 3.08. The lowest BCUT2D eigenvalue weighted by Gasteiger charge is -2.23. The van der Waals surface area contributed by atoms with Gasteiger partial charge in [-0.15, -0.1) is 0 Å². The Bertz CT molecular complexity index is 785. The normalized spacial score (nSPS) is 17.1. The van der Waals surface area contributed by atoms with Gasteiger partial charge in [-0.25, -0.2) is 4.68 Å². The molecule has 3 rings (SSSR count). The first-order valence-corrected chi connectivity index (χ1v) is 9.09. The average molecular weight is 331 g/mol. The highest BCUT2D eigenvalue weighted by Gasteiger charge is 2.31. The fourth-order valence-corrected chi connectivity index (χ4v) is 3.89. The molecule has 2 heterocycles. The molecular formula is C17H21N3O2S. The van der Waals surface area contributed by atoms with Gasteiger partial charge in [0.05, 0.1) is 22.7 Å². The van der Waals surface area contributed by atoms with E-state index in [1.807, 2.05) is 44.5 Å². The van der Waals surface area contributed by atoms with Crippen LogP contribution in [0.1, 0.15) is 48.0 Å². The van der Waals surface area contributed by atoms with Gasteiger partial charge in [0.25, 0.3) is 5.91 Å². The maximum atomic E-state index is 12.6. The van der Waals surface area contributed by atoms with Crippen molar-refractivity contribution >= 4 is 22.5 Å². The Kier molecular flexibility index (Phi) is 3.88. The minimum atomic E-state index is -0.923. The lowest BCUT2D eigenvalue weighted by Crippen LogP contribution is -2.27. The molecule has 0 spiro atoms. The summed E-state index contributed by atoms with van der Waals surface area (Å²) in [6, 6.07) is 7.44. The Hall–Kier alpha value is -1.95. The largest absolute Gasteiger partial charge is 0.306 e. The molecule has 0 radical (unpaired) electrons. The van der Waals surface area contributed by atoms with Gasteiger partial charge < -0.3 is 5.32 Å². The number of amides is 1. The number of nitrogens with one attached hydrogen (secondary N) is 1. The number of aromatic nitrogens is 2. The van der Waals surface area contributed by atoms with Gasteiger partial charge >= 0.3 is 0 Å². The Morgan fingerprint density at radius 1 is 1.22 bits per heavy atom. The van der Waals surface area contributed by atoms with Gasteiger partial charge in [-0.05, 0) is 39.8 Å². The molecule has 1 aromatic carbocycles. The topological polar surface area (TPSA) is 64.0 Å². The zero-order valence-electron chi connectivity index (χ0n) is 13.8. The van der Waals surface area contributed by atoms with E-state index < -0.39 is 10.8 Å². The van der Waals surface area contributed by atoms with Crippen molar-refractivity contribution < 1.29 is 9.00 Å². The zero-order valence-corrected chi connectivity index (χ0v) is 14.7. The fraction of sp³-hybridized carbons (Fsp3) is 0.412. The number of nitrogens with zero attached hydrogens (tertiary/aromatic N) is 2. The van der Waals surface area contributed by atoms with E-state index in [1.165, 1.54) is 0 Å². The second kappa shape index (κ2) is 5.60. The molecule has 1 amide bonds. The molecule has 1 unspecified atom stereocenters. The molecule has 0 saturated heterocycles. The molecule has 5 nitrogen and oxygen atoms in total. The summed E-state index contributed by atoms with van der Waals surface area (Å²) >= 11 is 0. The lowest BCUT2D eigenvalue weighted by atomic mass is 10.1. The first-order chi connectivity index (χ1) is 10.8. The summed E-state index contributed by atoms with van der Waals surface area (Å²) in [4.78, 5) is 12.6. The standard InChI is InChI=1S/C17H21N3O2S/c1-11-5-7-12(8-6-11)16(21)18-15-13-9-23(22)10-14(13)19-20(15)17(2,3)4/h5-8H,9-10H2,1-4H3,(H,18,21). The number of hydrogen-bond acceptors (Lipinski definition) is 3. The first-order valence-electron chi connectivity index (χ1n) is 7.60. The predicted molar refractivity (Wildman–Crippen MR) is 91.9 cm³/mol. The van der Waals surface area contributed by atoms with Crippen LogP contribution in [0.4, 0.5) is 5.82 Å². The van der Waals surface area contributed by atoms with Crippen molar-refractivity contribution in [1.29, 1.82) is 0 Å². The van der Waals surface area contributed by atoms with Crippen LogP contribution in [0.2, 0.25) is 0 Å². The van der Waals surface area contributed by atoms with Crippen LogP contribution >= 0.6 is 0 Å². The smallest absolute Gasteiger partial charge is 0.256 e. The third-order valence-electron chi connectivity index (χ3n) is 3.85. The van der Waals surface area contributed by atoms with E-state index in [9.17, 15) is 9.00 Å². The van der Waals surface area contributed by atoms with Gasteiger partial charge in [-0.2, -0.15) is 5.10 Å². The maximum absolute atomic E-state index is 12.6. The van der Waals surface area contributed by atoms with Crippen molar-refractivity contribution in [3.63, 3.8) is 0 Å². The molecular weight excluding hydrogens is 310 g/mol. The molecule has 1 aromatic heterocycles. The highest BCUT2D eigenvalue weighted by atomic mass is 32.2. The summed E-state index contributed by atoms with van der Waals surface area (Å²) in [7, 11) is -0.923. The van der Waals surface area contributed by atoms with Crippen molar-refractivity contribution in [2.24, 2.45) is 0 Å². The average Bonchev–Trinajstić information content (AvgIpc) is 2.97. The van der Waals surface area contributed by atoms with Gasteiger partial charge in [0.15, 0.2) is 0 Å². The number of anilines is 1. The number of rotatable bonds is 2. The number of hydrogen-bond donors (Lipinski definition) is 1. The number of benzene rings is 1. The van der Waals surface area contributed by atoms with Crippen LogP contribution in [0.25, 0.3) is 0 Å². The molecule has 1 atom stereocenters. The molecule has 0 saturated carbocycles. The Morgan fingerprint density at radius 3 is 2.48 bits per heavy atom. The summed E-state index contributed by atoms with van der Waals surface area (Å²) in [6.07, 6.45) is 0. The molecule has 1 aliphatic rings. The number of carbonyl (C=O) groups excluding carboxylic acids is 1. The lowest BCUT2D eigenvalue weighted by molar-refractivity contribution is 0.102. The van der Waals surface area contributed by atoms with Gasteiger partial charge in [-0.1, -0.05) is 17.7 Å². The maximum Gasteiger partial charge on any atom is 0.256 e. The number of fused-ring (bicyclic) bond motifs is 1. The predicted octanol–water partition coefficient (Wildman–Crippen LogP) is 2.96. The molecule has 23 heavy (non-hydrogen) atoms. The molecule has 0 fully saturated rings. The van der Waals surface area contributed by atoms with Crippen molar-refractivity contribution in [2.45, 2.75) is 44.7 Å². The highest BCUT2D eigenvalue weighted by molar-refractivity contribution is 7.83. The van der Waals surface area contributed by atoms with Crippen molar-refractivity contribution in [1.82, 2.24) is 9.78 Å². The van der Waals surface area contributed by atoms with Crippen LogP contribution in [-0.4, -0.2) is 19.9 Å². The zero-order chi connectivity index (χ0) is 16.8. The summed E-state index contributed by atoms with van der Waals surface area (Å²) < 4.78 is 13.7. The second-order valence-electron chi connectivity index (χ2n) is 6.91. The van der Waals surface area contributed by atoms with Crippen LogP contribution in [0, 0.1) is 6.92 Å². The van der Waals surface area contributed by atoms with Crippen molar-refractivity contribution in [2.75, 3.05) is 5.32 Å². The fourth-order valence-electron chi connectivity index (χ4n) is 2.63. The van der Waals surface area contributed by atoms with Gasteiger partial charge in [-0.3, -0.25) is 9.00 Å². The molecule has 0 bridgehead atoms. The molecule has 2 aromatic rings. The second-order valence-corrected chi connectivity index (χ2v) is 8.36. The molecule has 1 aliphatic heterocycles. The monoisotopic (exact) mass is 331 g/mol. The van der Waals surface area contributed by atoms with Crippen LogP contribution in [0.3, 0.4) is 0 Å². The molecule has 6 heteroatoms. The Balaban J connectivity index is 1.97. The van der Waals surface area contributed by atoms with E-state index in [0.29, 0.717) is 22.9 Å². The van der Waals surface area contributed by atoms with Crippen molar-refractivity contribution in [3.8, 4) is 0 Å². The van der Waals surface area contributed by atoms with Crippen LogP contribution in [-0.2, 0) is 27.8 Å². The third-order valence-corrected chi connectivity index (χ3v) is 5.06. The van der Waals surface area contributed by atoms with Crippen molar-refractivity contribution in [3.05, 3.63) is 46.6 Å². The van der Waals surface area contributed by atoms with Crippen LogP contribution < -0.4 is 5.32 Å². The Morgan fingerprint density at radius 2 is 1.87 bits per heavy atom. The summed E-state index contributed by atoms with van der Waals surface area (Å²) in [5.74, 6) is 1.42. The van der Waals surface area contributed by atoms with Gasteiger partial charge in [0.1, 0.15) is 5.82 Å². The van der Waals surface area contributed by atoms with E-state index in [0.717, 1.165) is 16.8 Å². The Labute approximate surface area is 138 Å². The minimum Gasteiger partial charge on any atom is -0.306 e. The first kappa shape index (κ1) is 15.9. The van der Waals surface area contributed by atoms with E-state index in [-0.39, 0.29) is 11.4 Å². The van der Waals surface area contributed by atoms with E-state index >= 15 is 0 Å².